The summed E-state index contributed by atoms with van der Waals surface area (Å²) < 4.78 is 5.74. The highest BCUT2D eigenvalue weighted by Crippen LogP contribution is 2.32. The monoisotopic (exact) mass is 207 g/mol. The van der Waals surface area contributed by atoms with E-state index in [1.807, 2.05) is 24.3 Å². The molecule has 1 aromatic carbocycles. The van der Waals surface area contributed by atoms with Crippen molar-refractivity contribution in [1.82, 2.24) is 4.98 Å². The molecule has 14 heavy (non-hydrogen) atoms. The van der Waals surface area contributed by atoms with E-state index >= 15 is 0 Å². The minimum absolute atomic E-state index is 0.140. The molecule has 0 bridgehead atoms. The molecule has 2 rings (SSSR count). The smallest absolute Gasteiger partial charge is 0.257 e. The van der Waals surface area contributed by atoms with Gasteiger partial charge in [-0.3, -0.25) is 0 Å². The van der Waals surface area contributed by atoms with Gasteiger partial charge in [-0.25, -0.2) is 4.98 Å². The molecule has 2 aromatic rings. The van der Waals surface area contributed by atoms with E-state index in [2.05, 4.69) is 25.8 Å². The molecule has 0 unspecified atom stereocenters. The number of nitrogens with zero attached hydrogens (tertiary/aromatic N) is 1. The number of hydrogen-bond acceptors (Lipinski definition) is 3. The minimum atomic E-state index is 0.140. The second-order valence-electron chi connectivity index (χ2n) is 4.16. The van der Waals surface area contributed by atoms with Crippen LogP contribution in [0, 0.1) is 0 Å². The van der Waals surface area contributed by atoms with Crippen LogP contribution in [0.4, 0.5) is 0 Å². The van der Waals surface area contributed by atoms with Crippen LogP contribution < -0.4 is 0 Å². The first-order valence-electron chi connectivity index (χ1n) is 4.59. The lowest BCUT2D eigenvalue weighted by atomic mass is 10.3. The first kappa shape index (κ1) is 9.59. The van der Waals surface area contributed by atoms with E-state index in [1.54, 1.807) is 11.8 Å². The first-order valence-corrected chi connectivity index (χ1v) is 5.41. The van der Waals surface area contributed by atoms with Crippen molar-refractivity contribution in [2.45, 2.75) is 30.7 Å². The summed E-state index contributed by atoms with van der Waals surface area (Å²) >= 11 is 1.65. The van der Waals surface area contributed by atoms with Gasteiger partial charge in [0.2, 0.25) is 0 Å². The molecule has 0 amide bonds. The third-order valence-electron chi connectivity index (χ3n) is 1.67. The van der Waals surface area contributed by atoms with Gasteiger partial charge in [-0.15, -0.1) is 0 Å². The zero-order chi connectivity index (χ0) is 10.2. The fourth-order valence-electron chi connectivity index (χ4n) is 1.16. The highest BCUT2D eigenvalue weighted by molar-refractivity contribution is 8.00. The Balaban J connectivity index is 2.36. The predicted octanol–water partition coefficient (Wildman–Crippen LogP) is 3.72. The summed E-state index contributed by atoms with van der Waals surface area (Å²) in [6.07, 6.45) is 0. The van der Waals surface area contributed by atoms with Crippen LogP contribution >= 0.6 is 11.8 Å². The Bertz CT molecular complexity index is 409. The first-order chi connectivity index (χ1) is 6.54. The second kappa shape index (κ2) is 3.31. The Kier molecular flexibility index (Phi) is 2.27. The zero-order valence-corrected chi connectivity index (χ0v) is 9.39. The summed E-state index contributed by atoms with van der Waals surface area (Å²) in [6, 6.07) is 7.83. The Hall–Kier alpha value is -0.960. The highest BCUT2D eigenvalue weighted by atomic mass is 32.2. The van der Waals surface area contributed by atoms with Gasteiger partial charge < -0.3 is 4.42 Å². The molecule has 0 saturated carbocycles. The van der Waals surface area contributed by atoms with E-state index in [-0.39, 0.29) is 4.75 Å². The Morgan fingerprint density at radius 1 is 1.21 bits per heavy atom. The maximum Gasteiger partial charge on any atom is 0.257 e. The summed E-state index contributed by atoms with van der Waals surface area (Å²) in [5.41, 5.74) is 1.79. The van der Waals surface area contributed by atoms with Crippen molar-refractivity contribution in [2.75, 3.05) is 0 Å². The number of rotatable bonds is 1. The molecule has 0 aliphatic rings. The average molecular weight is 207 g/mol. The lowest BCUT2D eigenvalue weighted by molar-refractivity contribution is 0.486. The van der Waals surface area contributed by atoms with Gasteiger partial charge in [-0.05, 0) is 12.1 Å². The highest BCUT2D eigenvalue weighted by Gasteiger charge is 2.16. The van der Waals surface area contributed by atoms with E-state index in [4.69, 9.17) is 4.42 Å². The number of fused-ring (bicyclic) bond motifs is 1. The van der Waals surface area contributed by atoms with Crippen molar-refractivity contribution >= 4 is 22.9 Å². The van der Waals surface area contributed by atoms with E-state index in [1.165, 1.54) is 0 Å². The van der Waals surface area contributed by atoms with Crippen LogP contribution in [0.5, 0.6) is 0 Å². The average Bonchev–Trinajstić information content (AvgIpc) is 2.42. The SMILES string of the molecule is CC(C)(C)Sc1nc2ccccc2o1. The third-order valence-corrected chi connectivity index (χ3v) is 2.63. The number of aromatic nitrogens is 1. The zero-order valence-electron chi connectivity index (χ0n) is 8.57. The Labute approximate surface area is 87.7 Å². The lowest BCUT2D eigenvalue weighted by Crippen LogP contribution is -2.06. The standard InChI is InChI=1S/C11H13NOS/c1-11(2,3)14-10-12-8-6-4-5-7-9(8)13-10/h4-7H,1-3H3. The van der Waals surface area contributed by atoms with Gasteiger partial charge in [0.1, 0.15) is 5.52 Å². The topological polar surface area (TPSA) is 26.0 Å². The predicted molar refractivity (Wildman–Crippen MR) is 59.6 cm³/mol. The number of benzene rings is 1. The van der Waals surface area contributed by atoms with E-state index < -0.39 is 0 Å². The van der Waals surface area contributed by atoms with E-state index in [0.717, 1.165) is 16.3 Å². The summed E-state index contributed by atoms with van der Waals surface area (Å²) in [4.78, 5) is 4.39. The molecule has 1 aromatic heterocycles. The van der Waals surface area contributed by atoms with Crippen LogP contribution in [0.1, 0.15) is 20.8 Å². The molecule has 0 atom stereocenters. The summed E-state index contributed by atoms with van der Waals surface area (Å²) in [5.74, 6) is 0. The summed E-state index contributed by atoms with van der Waals surface area (Å²) in [7, 11) is 0. The molecule has 0 N–H and O–H groups in total. The van der Waals surface area contributed by atoms with Crippen LogP contribution in [0.3, 0.4) is 0 Å². The second-order valence-corrected chi connectivity index (χ2v) is 5.94. The molecule has 0 radical (unpaired) electrons. The van der Waals surface area contributed by atoms with Gasteiger partial charge >= 0.3 is 0 Å². The van der Waals surface area contributed by atoms with Crippen molar-refractivity contribution in [3.05, 3.63) is 24.3 Å². The van der Waals surface area contributed by atoms with Crippen LogP contribution in [0.2, 0.25) is 0 Å². The summed E-state index contributed by atoms with van der Waals surface area (Å²) in [5, 5.41) is 0.749. The van der Waals surface area contributed by atoms with E-state index in [9.17, 15) is 0 Å². The van der Waals surface area contributed by atoms with Gasteiger partial charge in [-0.1, -0.05) is 44.7 Å². The van der Waals surface area contributed by atoms with Gasteiger partial charge in [0.25, 0.3) is 5.22 Å². The van der Waals surface area contributed by atoms with Gasteiger partial charge in [0.15, 0.2) is 5.58 Å². The molecule has 0 aliphatic carbocycles. The van der Waals surface area contributed by atoms with Crippen molar-refractivity contribution in [3.8, 4) is 0 Å². The molecular formula is C11H13NOS. The number of oxazole rings is 1. The van der Waals surface area contributed by atoms with Gasteiger partial charge in [0, 0.05) is 4.75 Å². The molecule has 3 heteroatoms. The quantitative estimate of drug-likeness (QED) is 0.666. The maximum atomic E-state index is 5.60. The van der Waals surface area contributed by atoms with Crippen molar-refractivity contribution in [1.29, 1.82) is 0 Å². The Morgan fingerprint density at radius 2 is 1.93 bits per heavy atom. The van der Waals surface area contributed by atoms with Crippen LogP contribution in [-0.4, -0.2) is 9.73 Å². The number of hydrogen-bond donors (Lipinski definition) is 0. The molecular weight excluding hydrogens is 194 g/mol. The van der Waals surface area contributed by atoms with Crippen LogP contribution in [0.15, 0.2) is 33.9 Å². The molecule has 74 valence electrons. The lowest BCUT2D eigenvalue weighted by Gasteiger charge is -2.13. The fraction of sp³-hybridized carbons (Fsp3) is 0.364. The molecule has 0 saturated heterocycles. The van der Waals surface area contributed by atoms with Crippen molar-refractivity contribution in [2.24, 2.45) is 0 Å². The van der Waals surface area contributed by atoms with E-state index in [0.29, 0.717) is 0 Å². The minimum Gasteiger partial charge on any atom is -0.431 e. The number of para-hydroxylation sites is 2. The molecule has 1 heterocycles. The largest absolute Gasteiger partial charge is 0.431 e. The van der Waals surface area contributed by atoms with Gasteiger partial charge in [0.05, 0.1) is 0 Å². The van der Waals surface area contributed by atoms with Gasteiger partial charge in [-0.2, -0.15) is 0 Å². The number of thioether (sulfide) groups is 1. The molecule has 0 spiro atoms. The van der Waals surface area contributed by atoms with Crippen LogP contribution in [-0.2, 0) is 0 Å². The fourth-order valence-corrected chi connectivity index (χ4v) is 1.96. The summed E-state index contributed by atoms with van der Waals surface area (Å²) in [6.45, 7) is 6.44. The van der Waals surface area contributed by atoms with Crippen molar-refractivity contribution < 1.29 is 4.42 Å². The normalized spacial score (nSPS) is 12.2. The van der Waals surface area contributed by atoms with Crippen molar-refractivity contribution in [3.63, 3.8) is 0 Å². The molecule has 0 aliphatic heterocycles. The van der Waals surface area contributed by atoms with Crippen LogP contribution in [0.25, 0.3) is 11.1 Å². The molecule has 0 fully saturated rings. The maximum absolute atomic E-state index is 5.60. The third kappa shape index (κ3) is 2.10. The Morgan fingerprint density at radius 3 is 2.57 bits per heavy atom. The molecule has 2 nitrogen and oxygen atoms in total.